The van der Waals surface area contributed by atoms with E-state index in [0.717, 1.165) is 6.42 Å². The zero-order chi connectivity index (χ0) is 26.9. The van der Waals surface area contributed by atoms with E-state index in [2.05, 4.69) is 20.0 Å². The van der Waals surface area contributed by atoms with Crippen LogP contribution in [0.3, 0.4) is 0 Å². The number of pyridine rings is 1. The highest BCUT2D eigenvalue weighted by molar-refractivity contribution is 7.89. The van der Waals surface area contributed by atoms with E-state index >= 15 is 0 Å². The standard InChI is InChI=1S/C26H31N7O4S/c1-4-7-21-23-24(33(30-21)18-8-6-11-27-17-18)26(34)29-25(28-23)20-16-19(9-10-22(20)37-5-2)38(35,36)32-14-12-31(3)13-15-32/h6,8-11,16-17H,4-5,7,12-15H2,1-3H3,(H,28,29,34). The lowest BCUT2D eigenvalue weighted by atomic mass is 10.1. The molecule has 4 heterocycles. The third kappa shape index (κ3) is 4.82. The van der Waals surface area contributed by atoms with Gasteiger partial charge in [0.25, 0.3) is 5.56 Å². The number of nitrogens with zero attached hydrogens (tertiary/aromatic N) is 6. The van der Waals surface area contributed by atoms with Crippen LogP contribution in [0.25, 0.3) is 28.1 Å². The van der Waals surface area contributed by atoms with Crippen molar-refractivity contribution in [3.05, 3.63) is 58.8 Å². The van der Waals surface area contributed by atoms with Gasteiger partial charge in [-0.25, -0.2) is 18.1 Å². The highest BCUT2D eigenvalue weighted by Gasteiger charge is 2.29. The van der Waals surface area contributed by atoms with Crippen LogP contribution in [-0.4, -0.2) is 82.2 Å². The van der Waals surface area contributed by atoms with Crippen LogP contribution in [-0.2, 0) is 16.4 Å². The average molecular weight is 538 g/mol. The monoisotopic (exact) mass is 537 g/mol. The van der Waals surface area contributed by atoms with E-state index in [0.29, 0.717) is 72.9 Å². The minimum Gasteiger partial charge on any atom is -0.493 e. The number of benzene rings is 1. The molecule has 200 valence electrons. The highest BCUT2D eigenvalue weighted by atomic mass is 32.2. The zero-order valence-corrected chi connectivity index (χ0v) is 22.5. The van der Waals surface area contributed by atoms with E-state index in [4.69, 9.17) is 9.72 Å². The molecule has 11 nitrogen and oxygen atoms in total. The summed E-state index contributed by atoms with van der Waals surface area (Å²) in [5, 5.41) is 4.68. The summed E-state index contributed by atoms with van der Waals surface area (Å²) in [6.45, 7) is 6.39. The van der Waals surface area contributed by atoms with E-state index < -0.39 is 15.6 Å². The summed E-state index contributed by atoms with van der Waals surface area (Å²) in [6, 6.07) is 8.30. The van der Waals surface area contributed by atoms with Crippen molar-refractivity contribution in [3.63, 3.8) is 0 Å². The number of H-pyrrole nitrogens is 1. The molecule has 0 amide bonds. The minimum absolute atomic E-state index is 0.128. The third-order valence-electron chi connectivity index (χ3n) is 6.58. The van der Waals surface area contributed by atoms with Crippen LogP contribution in [0, 0.1) is 0 Å². The molecule has 4 aromatic rings. The fourth-order valence-electron chi connectivity index (χ4n) is 4.59. The number of nitrogens with one attached hydrogen (secondary N) is 1. The largest absolute Gasteiger partial charge is 0.493 e. The highest BCUT2D eigenvalue weighted by Crippen LogP contribution is 2.32. The first kappa shape index (κ1) is 26.0. The van der Waals surface area contributed by atoms with E-state index in [9.17, 15) is 13.2 Å². The van der Waals surface area contributed by atoms with Gasteiger partial charge in [0.05, 0.1) is 34.6 Å². The number of hydrogen-bond acceptors (Lipinski definition) is 8. The number of piperazine rings is 1. The van der Waals surface area contributed by atoms with Gasteiger partial charge in [-0.1, -0.05) is 13.3 Å². The van der Waals surface area contributed by atoms with Gasteiger partial charge in [0.2, 0.25) is 10.0 Å². The second-order valence-corrected chi connectivity index (χ2v) is 11.2. The number of hydrogen-bond donors (Lipinski definition) is 1. The molecule has 1 fully saturated rings. The maximum absolute atomic E-state index is 13.5. The minimum atomic E-state index is -3.74. The molecule has 5 rings (SSSR count). The fourth-order valence-corrected chi connectivity index (χ4v) is 6.04. The molecule has 3 aromatic heterocycles. The Morgan fingerprint density at radius 2 is 1.89 bits per heavy atom. The molecule has 1 aromatic carbocycles. The number of aromatic amines is 1. The number of aryl methyl sites for hydroxylation is 1. The number of rotatable bonds is 8. The predicted molar refractivity (Wildman–Crippen MR) is 144 cm³/mol. The number of sulfonamides is 1. The summed E-state index contributed by atoms with van der Waals surface area (Å²) in [7, 11) is -1.77. The second-order valence-electron chi connectivity index (χ2n) is 9.23. The molecule has 1 saturated heterocycles. The molecule has 0 atom stereocenters. The Labute approximate surface area is 221 Å². The molecular weight excluding hydrogens is 506 g/mol. The first-order valence-electron chi connectivity index (χ1n) is 12.7. The molecule has 0 aliphatic carbocycles. The van der Waals surface area contributed by atoms with Crippen molar-refractivity contribution in [2.75, 3.05) is 39.8 Å². The molecule has 1 aliphatic rings. The topological polar surface area (TPSA) is 126 Å². The molecule has 38 heavy (non-hydrogen) atoms. The van der Waals surface area contributed by atoms with Crippen molar-refractivity contribution in [2.24, 2.45) is 0 Å². The second kappa shape index (κ2) is 10.6. The predicted octanol–water partition coefficient (Wildman–Crippen LogP) is 2.46. The SMILES string of the molecule is CCCc1nn(-c2cccnc2)c2c(=O)[nH]c(-c3cc(S(=O)(=O)N4CCN(C)CC4)ccc3OCC)nc12. The summed E-state index contributed by atoms with van der Waals surface area (Å²) < 4.78 is 35.8. The lowest BCUT2D eigenvalue weighted by molar-refractivity contribution is 0.222. The Morgan fingerprint density at radius 3 is 2.58 bits per heavy atom. The lowest BCUT2D eigenvalue weighted by Gasteiger charge is -2.31. The molecule has 1 N–H and O–H groups in total. The van der Waals surface area contributed by atoms with Crippen molar-refractivity contribution in [3.8, 4) is 22.8 Å². The molecule has 12 heteroatoms. The van der Waals surface area contributed by atoms with E-state index in [-0.39, 0.29) is 10.7 Å². The Kier molecular flexibility index (Phi) is 7.28. The van der Waals surface area contributed by atoms with E-state index in [1.807, 2.05) is 27.0 Å². The molecule has 0 bridgehead atoms. The number of aromatic nitrogens is 5. The van der Waals surface area contributed by atoms with Crippen LogP contribution in [0.2, 0.25) is 0 Å². The first-order chi connectivity index (χ1) is 18.3. The Bertz CT molecular complexity index is 1610. The van der Waals surface area contributed by atoms with E-state index in [1.165, 1.54) is 10.4 Å². The quantitative estimate of drug-likeness (QED) is 0.363. The van der Waals surface area contributed by atoms with E-state index in [1.54, 1.807) is 35.3 Å². The molecular formula is C26H31N7O4S. The zero-order valence-electron chi connectivity index (χ0n) is 21.7. The van der Waals surface area contributed by atoms with Gasteiger partial charge in [0, 0.05) is 32.4 Å². The van der Waals surface area contributed by atoms with Crippen LogP contribution in [0.4, 0.5) is 0 Å². The normalized spacial score (nSPS) is 15.2. The van der Waals surface area contributed by atoms with Crippen LogP contribution in [0.15, 0.2) is 52.4 Å². The fraction of sp³-hybridized carbons (Fsp3) is 0.385. The van der Waals surface area contributed by atoms with Crippen molar-refractivity contribution in [1.82, 2.24) is 33.9 Å². The van der Waals surface area contributed by atoms with Crippen LogP contribution in [0.1, 0.15) is 26.0 Å². The summed E-state index contributed by atoms with van der Waals surface area (Å²) >= 11 is 0. The van der Waals surface area contributed by atoms with Crippen LogP contribution >= 0.6 is 0 Å². The van der Waals surface area contributed by atoms with Crippen LogP contribution < -0.4 is 10.3 Å². The van der Waals surface area contributed by atoms with Crippen molar-refractivity contribution in [2.45, 2.75) is 31.6 Å². The molecule has 1 aliphatic heterocycles. The summed E-state index contributed by atoms with van der Waals surface area (Å²) in [5.74, 6) is 0.661. The van der Waals surface area contributed by atoms with Gasteiger partial charge in [-0.3, -0.25) is 9.78 Å². The van der Waals surface area contributed by atoms with Crippen molar-refractivity contribution in [1.29, 1.82) is 0 Å². The third-order valence-corrected chi connectivity index (χ3v) is 8.48. The smallest absolute Gasteiger partial charge is 0.277 e. The average Bonchev–Trinajstić information content (AvgIpc) is 3.29. The van der Waals surface area contributed by atoms with Gasteiger partial charge in [-0.15, -0.1) is 0 Å². The molecule has 0 radical (unpaired) electrons. The maximum atomic E-state index is 13.5. The Hall–Kier alpha value is -3.61. The molecule has 0 saturated carbocycles. The summed E-state index contributed by atoms with van der Waals surface area (Å²) in [6.07, 6.45) is 4.72. The van der Waals surface area contributed by atoms with Gasteiger partial charge in [-0.2, -0.15) is 9.40 Å². The van der Waals surface area contributed by atoms with Crippen molar-refractivity contribution >= 4 is 21.1 Å². The van der Waals surface area contributed by atoms with Gasteiger partial charge < -0.3 is 14.6 Å². The van der Waals surface area contributed by atoms with Gasteiger partial charge in [-0.05, 0) is 50.7 Å². The lowest BCUT2D eigenvalue weighted by Crippen LogP contribution is -2.47. The number of likely N-dealkylation sites (N-methyl/N-ethyl adjacent to an activating group) is 1. The number of fused-ring (bicyclic) bond motifs is 1. The summed E-state index contributed by atoms with van der Waals surface area (Å²) in [4.78, 5) is 27.5. The summed E-state index contributed by atoms with van der Waals surface area (Å²) in [5.41, 5.74) is 2.11. The molecule has 0 spiro atoms. The van der Waals surface area contributed by atoms with Gasteiger partial charge in [0.1, 0.15) is 17.1 Å². The van der Waals surface area contributed by atoms with Gasteiger partial charge >= 0.3 is 0 Å². The Morgan fingerprint density at radius 1 is 1.11 bits per heavy atom. The molecule has 0 unspecified atom stereocenters. The maximum Gasteiger partial charge on any atom is 0.277 e. The number of ether oxygens (including phenoxy) is 1. The Balaban J connectivity index is 1.66. The van der Waals surface area contributed by atoms with Crippen LogP contribution in [0.5, 0.6) is 5.75 Å². The van der Waals surface area contributed by atoms with Gasteiger partial charge in [0.15, 0.2) is 5.52 Å². The van der Waals surface area contributed by atoms with Crippen molar-refractivity contribution < 1.29 is 13.2 Å². The first-order valence-corrected chi connectivity index (χ1v) is 14.2.